The van der Waals surface area contributed by atoms with Gasteiger partial charge < -0.3 is 14.7 Å². The number of para-hydroxylation sites is 2. The fraction of sp³-hybridized carbons (Fsp3) is 0.500. The Morgan fingerprint density at radius 2 is 2.11 bits per heavy atom. The highest BCUT2D eigenvalue weighted by Crippen LogP contribution is 2.31. The van der Waals surface area contributed by atoms with E-state index in [4.69, 9.17) is 4.74 Å². The van der Waals surface area contributed by atoms with Gasteiger partial charge in [0.05, 0.1) is 31.4 Å². The summed E-state index contributed by atoms with van der Waals surface area (Å²) in [5, 5.41) is 9.98. The van der Waals surface area contributed by atoms with E-state index in [1.807, 2.05) is 38.1 Å². The van der Waals surface area contributed by atoms with Crippen molar-refractivity contribution >= 4 is 11.6 Å². The van der Waals surface area contributed by atoms with Crippen LogP contribution in [0.15, 0.2) is 24.3 Å². The average Bonchev–Trinajstić information content (AvgIpc) is 2.50. The first kappa shape index (κ1) is 12.9. The number of aliphatic hydroxyl groups is 1. The summed E-state index contributed by atoms with van der Waals surface area (Å²) in [6.45, 7) is 4.59. The number of fused-ring (bicyclic) bond motifs is 1. The van der Waals surface area contributed by atoms with Gasteiger partial charge in [0.1, 0.15) is 5.75 Å². The van der Waals surface area contributed by atoms with Crippen molar-refractivity contribution in [2.75, 3.05) is 18.1 Å². The van der Waals surface area contributed by atoms with Gasteiger partial charge in [-0.25, -0.2) is 0 Å². The number of rotatable bonds is 3. The van der Waals surface area contributed by atoms with E-state index in [1.165, 1.54) is 0 Å². The largest absolute Gasteiger partial charge is 0.491 e. The number of ether oxygens (including phenoxy) is 1. The van der Waals surface area contributed by atoms with Crippen LogP contribution < -0.4 is 9.64 Å². The third kappa shape index (κ3) is 2.64. The van der Waals surface area contributed by atoms with Crippen LogP contribution in [0.1, 0.15) is 20.3 Å². The molecule has 1 aromatic rings. The van der Waals surface area contributed by atoms with Gasteiger partial charge in [-0.2, -0.15) is 0 Å². The first-order chi connectivity index (χ1) is 8.59. The number of β-amino-alcohol motifs (C(OH)–C–C–N with tert-alkyl or cyclic N) is 1. The van der Waals surface area contributed by atoms with Gasteiger partial charge >= 0.3 is 0 Å². The molecule has 1 aromatic carbocycles. The van der Waals surface area contributed by atoms with Crippen LogP contribution >= 0.6 is 0 Å². The Morgan fingerprint density at radius 3 is 2.83 bits per heavy atom. The quantitative estimate of drug-likeness (QED) is 0.889. The minimum atomic E-state index is -0.528. The molecule has 1 atom stereocenters. The van der Waals surface area contributed by atoms with Gasteiger partial charge in [0, 0.05) is 0 Å². The van der Waals surface area contributed by atoms with Gasteiger partial charge in [0.2, 0.25) is 5.91 Å². The lowest BCUT2D eigenvalue weighted by molar-refractivity contribution is -0.119. The zero-order valence-electron chi connectivity index (χ0n) is 10.8. The van der Waals surface area contributed by atoms with E-state index in [2.05, 4.69) is 0 Å². The van der Waals surface area contributed by atoms with E-state index in [0.29, 0.717) is 25.3 Å². The lowest BCUT2D eigenvalue weighted by Gasteiger charge is -2.26. The Balaban J connectivity index is 2.28. The van der Waals surface area contributed by atoms with E-state index in [9.17, 15) is 9.90 Å². The van der Waals surface area contributed by atoms with E-state index in [-0.39, 0.29) is 11.8 Å². The summed E-state index contributed by atoms with van der Waals surface area (Å²) >= 11 is 0. The number of aliphatic hydroxyl groups excluding tert-OH is 1. The van der Waals surface area contributed by atoms with Gasteiger partial charge in [-0.05, 0) is 18.1 Å². The predicted octanol–water partition coefficient (Wildman–Crippen LogP) is 1.82. The number of hydrogen-bond acceptors (Lipinski definition) is 3. The summed E-state index contributed by atoms with van der Waals surface area (Å²) in [6, 6.07) is 7.45. The van der Waals surface area contributed by atoms with Crippen molar-refractivity contribution in [2.45, 2.75) is 26.4 Å². The molecule has 4 nitrogen and oxygen atoms in total. The molecule has 2 rings (SSSR count). The molecular formula is C14H19NO3. The zero-order chi connectivity index (χ0) is 13.1. The average molecular weight is 249 g/mol. The monoisotopic (exact) mass is 249 g/mol. The van der Waals surface area contributed by atoms with Crippen LogP contribution in [0, 0.1) is 5.92 Å². The van der Waals surface area contributed by atoms with E-state index < -0.39 is 6.10 Å². The zero-order valence-corrected chi connectivity index (χ0v) is 10.8. The molecule has 0 aromatic heterocycles. The van der Waals surface area contributed by atoms with Crippen LogP contribution in [0.3, 0.4) is 0 Å². The fourth-order valence-electron chi connectivity index (χ4n) is 1.92. The van der Waals surface area contributed by atoms with E-state index in [1.54, 1.807) is 4.90 Å². The summed E-state index contributed by atoms with van der Waals surface area (Å²) in [5.74, 6) is 0.827. The first-order valence-electron chi connectivity index (χ1n) is 6.30. The number of carbonyl (C=O) groups excluding carboxylic acids is 1. The van der Waals surface area contributed by atoms with Gasteiger partial charge in [0.25, 0.3) is 0 Å². The van der Waals surface area contributed by atoms with Crippen LogP contribution in [-0.4, -0.2) is 30.3 Å². The second-order valence-corrected chi connectivity index (χ2v) is 4.88. The van der Waals surface area contributed by atoms with E-state index >= 15 is 0 Å². The lowest BCUT2D eigenvalue weighted by Crippen LogP contribution is -2.39. The molecule has 1 unspecified atom stereocenters. The van der Waals surface area contributed by atoms with Crippen molar-refractivity contribution in [3.63, 3.8) is 0 Å². The molecule has 0 spiro atoms. The smallest absolute Gasteiger partial charge is 0.230 e. The molecule has 0 bridgehead atoms. The second kappa shape index (κ2) is 5.40. The summed E-state index contributed by atoms with van der Waals surface area (Å²) in [4.78, 5) is 13.7. The third-order valence-electron chi connectivity index (χ3n) is 3.17. The number of nitrogens with zero attached hydrogens (tertiary/aromatic N) is 1. The Labute approximate surface area is 107 Å². The minimum Gasteiger partial charge on any atom is -0.491 e. The maximum Gasteiger partial charge on any atom is 0.230 e. The van der Waals surface area contributed by atoms with Gasteiger partial charge in [-0.3, -0.25) is 4.79 Å². The molecule has 1 heterocycles. The molecule has 0 fully saturated rings. The number of hydrogen-bond donors (Lipinski definition) is 1. The van der Waals surface area contributed by atoms with Crippen LogP contribution in [0.25, 0.3) is 0 Å². The van der Waals surface area contributed by atoms with Crippen molar-refractivity contribution in [1.82, 2.24) is 0 Å². The van der Waals surface area contributed by atoms with Crippen LogP contribution in [-0.2, 0) is 4.79 Å². The fourth-order valence-corrected chi connectivity index (χ4v) is 1.92. The highest BCUT2D eigenvalue weighted by atomic mass is 16.5. The van der Waals surface area contributed by atoms with Crippen molar-refractivity contribution in [2.24, 2.45) is 5.92 Å². The SMILES string of the molecule is CC(C)C(O)CN1C(=O)CCOc2ccccc21. The molecule has 0 saturated carbocycles. The third-order valence-corrected chi connectivity index (χ3v) is 3.17. The Hall–Kier alpha value is -1.55. The van der Waals surface area contributed by atoms with E-state index in [0.717, 1.165) is 5.69 Å². The second-order valence-electron chi connectivity index (χ2n) is 4.88. The predicted molar refractivity (Wildman–Crippen MR) is 69.8 cm³/mol. The highest BCUT2D eigenvalue weighted by Gasteiger charge is 2.25. The molecule has 0 saturated heterocycles. The molecule has 0 radical (unpaired) electrons. The summed E-state index contributed by atoms with van der Waals surface area (Å²) < 4.78 is 5.55. The molecule has 0 aliphatic carbocycles. The first-order valence-corrected chi connectivity index (χ1v) is 6.30. The van der Waals surface area contributed by atoms with Crippen LogP contribution in [0.5, 0.6) is 5.75 Å². The molecule has 1 aliphatic heterocycles. The molecule has 1 aliphatic rings. The number of carbonyl (C=O) groups is 1. The summed E-state index contributed by atoms with van der Waals surface area (Å²) in [6.07, 6.45) is -0.181. The normalized spacial score (nSPS) is 17.1. The Bertz CT molecular complexity index is 431. The minimum absolute atomic E-state index is 0.000324. The van der Waals surface area contributed by atoms with Gasteiger partial charge in [-0.15, -0.1) is 0 Å². The number of anilines is 1. The number of amides is 1. The van der Waals surface area contributed by atoms with Gasteiger partial charge in [-0.1, -0.05) is 26.0 Å². The maximum absolute atomic E-state index is 12.1. The lowest BCUT2D eigenvalue weighted by atomic mass is 10.1. The highest BCUT2D eigenvalue weighted by molar-refractivity contribution is 5.95. The molecule has 4 heteroatoms. The number of benzene rings is 1. The van der Waals surface area contributed by atoms with Crippen molar-refractivity contribution in [1.29, 1.82) is 0 Å². The standard InChI is InChI=1S/C14H19NO3/c1-10(2)12(16)9-15-11-5-3-4-6-13(11)18-8-7-14(15)17/h3-6,10,12,16H,7-9H2,1-2H3. The van der Waals surface area contributed by atoms with Crippen LogP contribution in [0.2, 0.25) is 0 Å². The Kier molecular flexibility index (Phi) is 3.87. The molecule has 98 valence electrons. The molecule has 18 heavy (non-hydrogen) atoms. The topological polar surface area (TPSA) is 49.8 Å². The molecule has 1 amide bonds. The summed E-state index contributed by atoms with van der Waals surface area (Å²) in [5.41, 5.74) is 0.750. The van der Waals surface area contributed by atoms with Crippen molar-refractivity contribution in [3.8, 4) is 5.75 Å². The van der Waals surface area contributed by atoms with Crippen molar-refractivity contribution < 1.29 is 14.6 Å². The summed E-state index contributed by atoms with van der Waals surface area (Å²) in [7, 11) is 0. The van der Waals surface area contributed by atoms with Crippen molar-refractivity contribution in [3.05, 3.63) is 24.3 Å². The van der Waals surface area contributed by atoms with Gasteiger partial charge in [0.15, 0.2) is 0 Å². The molecule has 1 N–H and O–H groups in total. The Morgan fingerprint density at radius 1 is 1.39 bits per heavy atom. The maximum atomic E-state index is 12.1. The van der Waals surface area contributed by atoms with Crippen LogP contribution in [0.4, 0.5) is 5.69 Å². The molecular weight excluding hydrogens is 230 g/mol.